The molecule has 1 saturated heterocycles. The second kappa shape index (κ2) is 8.28. The number of nitro benzene ring substituents is 1. The van der Waals surface area contributed by atoms with E-state index in [0.29, 0.717) is 37.6 Å². The number of ether oxygens (including phenoxy) is 1. The second-order valence-electron chi connectivity index (χ2n) is 5.93. The summed E-state index contributed by atoms with van der Waals surface area (Å²) in [5.41, 5.74) is 0.819. The minimum Gasteiger partial charge on any atom is -0.378 e. The first kappa shape index (κ1) is 19.0. The molecule has 0 atom stereocenters. The number of morpholine rings is 1. The van der Waals surface area contributed by atoms with Crippen molar-refractivity contribution in [1.29, 1.82) is 0 Å². The van der Waals surface area contributed by atoms with Crippen LogP contribution in [-0.4, -0.2) is 37.0 Å². The smallest absolute Gasteiger partial charge is 0.270 e. The third-order valence-electron chi connectivity index (χ3n) is 4.19. The number of halogens is 2. The normalized spacial score (nSPS) is 14.5. The number of nitrogens with zero attached hydrogens (tertiary/aromatic N) is 2. The standard InChI is InChI=1S/C19H16ClFN2O4/c20-16-4-3-15(23(25)26)11-13(16)2-6-19(24)14-1-5-18(17(21)12-14)22-7-9-27-10-8-22/h1-6,11-12H,7-10H2. The first-order chi connectivity index (χ1) is 13.0. The quantitative estimate of drug-likeness (QED) is 0.332. The number of hydrogen-bond donors (Lipinski definition) is 0. The molecule has 0 spiro atoms. The first-order valence-corrected chi connectivity index (χ1v) is 8.62. The molecule has 0 radical (unpaired) electrons. The van der Waals surface area contributed by atoms with Crippen LogP contribution in [0.25, 0.3) is 6.08 Å². The third kappa shape index (κ3) is 4.50. The van der Waals surface area contributed by atoms with Crippen molar-refractivity contribution in [3.05, 3.63) is 74.6 Å². The molecular formula is C19H16ClFN2O4. The van der Waals surface area contributed by atoms with Crippen molar-refractivity contribution in [2.45, 2.75) is 0 Å². The zero-order chi connectivity index (χ0) is 19.4. The van der Waals surface area contributed by atoms with E-state index in [1.165, 1.54) is 36.4 Å². The van der Waals surface area contributed by atoms with E-state index in [-0.39, 0.29) is 16.3 Å². The Labute approximate surface area is 160 Å². The van der Waals surface area contributed by atoms with Gasteiger partial charge < -0.3 is 9.64 Å². The Bertz CT molecular complexity index is 911. The third-order valence-corrected chi connectivity index (χ3v) is 4.53. The van der Waals surface area contributed by atoms with Crippen LogP contribution in [0.4, 0.5) is 15.8 Å². The van der Waals surface area contributed by atoms with Crippen LogP contribution in [0.3, 0.4) is 0 Å². The minimum atomic E-state index is -0.546. The van der Waals surface area contributed by atoms with Crippen LogP contribution >= 0.6 is 11.6 Å². The van der Waals surface area contributed by atoms with Crippen molar-refractivity contribution in [3.63, 3.8) is 0 Å². The Kier molecular flexibility index (Phi) is 5.83. The van der Waals surface area contributed by atoms with Gasteiger partial charge in [0.05, 0.1) is 23.8 Å². The molecule has 0 aromatic heterocycles. The average Bonchev–Trinajstić information content (AvgIpc) is 2.67. The molecule has 0 saturated carbocycles. The lowest BCUT2D eigenvalue weighted by Crippen LogP contribution is -2.36. The van der Waals surface area contributed by atoms with Gasteiger partial charge in [0.2, 0.25) is 0 Å². The fourth-order valence-electron chi connectivity index (χ4n) is 2.76. The molecule has 3 rings (SSSR count). The molecule has 2 aromatic carbocycles. The lowest BCUT2D eigenvalue weighted by molar-refractivity contribution is -0.384. The minimum absolute atomic E-state index is 0.132. The Morgan fingerprint density at radius 3 is 2.63 bits per heavy atom. The number of ketones is 1. The molecule has 6 nitrogen and oxygen atoms in total. The van der Waals surface area contributed by atoms with Gasteiger partial charge in [-0.05, 0) is 42.0 Å². The summed E-state index contributed by atoms with van der Waals surface area (Å²) in [5, 5.41) is 11.1. The highest BCUT2D eigenvalue weighted by Gasteiger charge is 2.16. The number of rotatable bonds is 5. The van der Waals surface area contributed by atoms with E-state index < -0.39 is 16.5 Å². The summed E-state index contributed by atoms with van der Waals surface area (Å²) in [5.74, 6) is -0.908. The van der Waals surface area contributed by atoms with Gasteiger partial charge >= 0.3 is 0 Å². The van der Waals surface area contributed by atoms with Gasteiger partial charge in [0.25, 0.3) is 5.69 Å². The molecule has 2 aromatic rings. The van der Waals surface area contributed by atoms with Gasteiger partial charge in [-0.25, -0.2) is 4.39 Å². The topological polar surface area (TPSA) is 72.7 Å². The average molecular weight is 391 g/mol. The number of hydrogen-bond acceptors (Lipinski definition) is 5. The maximum Gasteiger partial charge on any atom is 0.270 e. The van der Waals surface area contributed by atoms with Crippen molar-refractivity contribution in [2.75, 3.05) is 31.2 Å². The molecule has 27 heavy (non-hydrogen) atoms. The highest BCUT2D eigenvalue weighted by atomic mass is 35.5. The molecule has 0 N–H and O–H groups in total. The molecule has 1 aliphatic heterocycles. The molecular weight excluding hydrogens is 375 g/mol. The van der Waals surface area contributed by atoms with Crippen molar-refractivity contribution < 1.29 is 18.8 Å². The lowest BCUT2D eigenvalue weighted by Gasteiger charge is -2.29. The van der Waals surface area contributed by atoms with Crippen LogP contribution in [0.5, 0.6) is 0 Å². The Hall–Kier alpha value is -2.77. The van der Waals surface area contributed by atoms with Crippen LogP contribution in [0.1, 0.15) is 15.9 Å². The number of carbonyl (C=O) groups excluding carboxylic acids is 1. The van der Waals surface area contributed by atoms with E-state index in [1.807, 2.05) is 4.90 Å². The van der Waals surface area contributed by atoms with E-state index >= 15 is 0 Å². The summed E-state index contributed by atoms with van der Waals surface area (Å²) in [6, 6.07) is 8.25. The zero-order valence-corrected chi connectivity index (χ0v) is 15.0. The van der Waals surface area contributed by atoms with Crippen LogP contribution in [0, 0.1) is 15.9 Å². The molecule has 0 bridgehead atoms. The van der Waals surface area contributed by atoms with E-state index in [4.69, 9.17) is 16.3 Å². The number of nitro groups is 1. The summed E-state index contributed by atoms with van der Waals surface area (Å²) in [6.07, 6.45) is 2.60. The van der Waals surface area contributed by atoms with Gasteiger partial charge in [0.15, 0.2) is 5.78 Å². The van der Waals surface area contributed by atoms with Gasteiger partial charge in [-0.15, -0.1) is 0 Å². The number of non-ortho nitro benzene ring substituents is 1. The molecule has 140 valence electrons. The summed E-state index contributed by atoms with van der Waals surface area (Å²) in [6.45, 7) is 2.25. The predicted octanol–water partition coefficient (Wildman–Crippen LogP) is 4.12. The van der Waals surface area contributed by atoms with E-state index in [2.05, 4.69) is 0 Å². The summed E-state index contributed by atoms with van der Waals surface area (Å²) >= 11 is 6.00. The molecule has 0 aliphatic carbocycles. The second-order valence-corrected chi connectivity index (χ2v) is 6.33. The predicted molar refractivity (Wildman–Crippen MR) is 101 cm³/mol. The zero-order valence-electron chi connectivity index (χ0n) is 14.2. The Balaban J connectivity index is 1.78. The number of anilines is 1. The molecule has 1 heterocycles. The summed E-state index contributed by atoms with van der Waals surface area (Å²) < 4.78 is 19.7. The fourth-order valence-corrected chi connectivity index (χ4v) is 2.94. The molecule has 0 unspecified atom stereocenters. The Morgan fingerprint density at radius 2 is 1.96 bits per heavy atom. The van der Waals surface area contributed by atoms with E-state index in [9.17, 15) is 19.3 Å². The Morgan fingerprint density at radius 1 is 1.22 bits per heavy atom. The number of allylic oxidation sites excluding steroid dienone is 1. The summed E-state index contributed by atoms with van der Waals surface area (Å²) in [7, 11) is 0. The maximum absolute atomic E-state index is 14.4. The monoisotopic (exact) mass is 390 g/mol. The SMILES string of the molecule is O=C(C=Cc1cc([N+](=O)[O-])ccc1Cl)c1ccc(N2CCOCC2)c(F)c1. The molecule has 1 fully saturated rings. The van der Waals surface area contributed by atoms with E-state index in [0.717, 1.165) is 0 Å². The van der Waals surface area contributed by atoms with Gasteiger partial charge in [0, 0.05) is 35.8 Å². The van der Waals surface area contributed by atoms with Crippen molar-refractivity contribution in [3.8, 4) is 0 Å². The van der Waals surface area contributed by atoms with Crippen molar-refractivity contribution in [1.82, 2.24) is 0 Å². The van der Waals surface area contributed by atoms with E-state index in [1.54, 1.807) is 12.1 Å². The fraction of sp³-hybridized carbons (Fsp3) is 0.211. The van der Waals surface area contributed by atoms with Crippen molar-refractivity contribution >= 4 is 34.8 Å². The highest BCUT2D eigenvalue weighted by Crippen LogP contribution is 2.24. The van der Waals surface area contributed by atoms with Crippen LogP contribution < -0.4 is 4.90 Å². The molecule has 0 amide bonds. The van der Waals surface area contributed by atoms with Crippen LogP contribution in [0.15, 0.2) is 42.5 Å². The summed E-state index contributed by atoms with van der Waals surface area (Å²) in [4.78, 5) is 24.5. The first-order valence-electron chi connectivity index (χ1n) is 8.24. The van der Waals surface area contributed by atoms with Crippen LogP contribution in [-0.2, 0) is 4.74 Å². The lowest BCUT2D eigenvalue weighted by atomic mass is 10.1. The number of carbonyl (C=O) groups is 1. The molecule has 8 heteroatoms. The maximum atomic E-state index is 14.4. The highest BCUT2D eigenvalue weighted by molar-refractivity contribution is 6.32. The van der Waals surface area contributed by atoms with Gasteiger partial charge in [-0.1, -0.05) is 11.6 Å². The van der Waals surface area contributed by atoms with Gasteiger partial charge in [0.1, 0.15) is 5.82 Å². The largest absolute Gasteiger partial charge is 0.378 e. The van der Waals surface area contributed by atoms with Gasteiger partial charge in [-0.3, -0.25) is 14.9 Å². The van der Waals surface area contributed by atoms with Crippen molar-refractivity contribution in [2.24, 2.45) is 0 Å². The van der Waals surface area contributed by atoms with Gasteiger partial charge in [-0.2, -0.15) is 0 Å². The van der Waals surface area contributed by atoms with Crippen LogP contribution in [0.2, 0.25) is 5.02 Å². The number of benzene rings is 2. The molecule has 1 aliphatic rings.